The third kappa shape index (κ3) is 2.79. The fourth-order valence-electron chi connectivity index (χ4n) is 3.06. The number of rotatable bonds is 5. The Morgan fingerprint density at radius 2 is 2.11 bits per heavy atom. The molecule has 2 heterocycles. The van der Waals surface area contributed by atoms with E-state index in [1.54, 1.807) is 0 Å². The highest BCUT2D eigenvalue weighted by molar-refractivity contribution is 7.10. The normalized spacial score (nSPS) is 33.8. The molecule has 0 spiro atoms. The van der Waals surface area contributed by atoms with Gasteiger partial charge in [0, 0.05) is 16.8 Å². The highest BCUT2D eigenvalue weighted by atomic mass is 32.1. The summed E-state index contributed by atoms with van der Waals surface area (Å²) in [4.78, 5) is 1.45. The third-order valence-corrected chi connectivity index (χ3v) is 5.12. The molecule has 0 amide bonds. The van der Waals surface area contributed by atoms with Crippen LogP contribution >= 0.6 is 11.3 Å². The van der Waals surface area contributed by atoms with Gasteiger partial charge in [0.2, 0.25) is 0 Å². The van der Waals surface area contributed by atoms with Crippen molar-refractivity contribution in [1.29, 1.82) is 0 Å². The van der Waals surface area contributed by atoms with E-state index in [-0.39, 0.29) is 0 Å². The lowest BCUT2D eigenvalue weighted by molar-refractivity contribution is 0.0476. The van der Waals surface area contributed by atoms with E-state index in [2.05, 4.69) is 50.5 Å². The second-order valence-corrected chi connectivity index (χ2v) is 6.41. The van der Waals surface area contributed by atoms with E-state index in [4.69, 9.17) is 4.74 Å². The van der Waals surface area contributed by atoms with Crippen LogP contribution in [0.5, 0.6) is 0 Å². The lowest BCUT2D eigenvalue weighted by Crippen LogP contribution is -2.34. The maximum Gasteiger partial charge on any atom is 0.0600 e. The van der Waals surface area contributed by atoms with Crippen molar-refractivity contribution in [3.63, 3.8) is 0 Å². The van der Waals surface area contributed by atoms with Crippen molar-refractivity contribution in [2.75, 3.05) is 6.54 Å². The summed E-state index contributed by atoms with van der Waals surface area (Å²) in [6.07, 6.45) is 1.88. The van der Waals surface area contributed by atoms with Crippen molar-refractivity contribution in [3.8, 4) is 0 Å². The summed E-state index contributed by atoms with van der Waals surface area (Å²) in [7, 11) is 0. The Morgan fingerprint density at radius 1 is 1.33 bits per heavy atom. The van der Waals surface area contributed by atoms with Crippen LogP contribution in [0.25, 0.3) is 0 Å². The molecule has 1 aliphatic rings. The zero-order valence-corrected chi connectivity index (χ0v) is 12.7. The molecule has 3 heteroatoms. The standard InChI is InChI=1S/C15H25NOS/c1-5-8-16-15(13-7-6-9-18-13)14-10(2)11(3)17-12(14)4/h6-7,9-12,14-16H,5,8H2,1-4H3. The first-order valence-corrected chi connectivity index (χ1v) is 7.95. The third-order valence-electron chi connectivity index (χ3n) is 4.17. The summed E-state index contributed by atoms with van der Waals surface area (Å²) in [6, 6.07) is 4.84. The summed E-state index contributed by atoms with van der Waals surface area (Å²) < 4.78 is 6.01. The van der Waals surface area contributed by atoms with Gasteiger partial charge >= 0.3 is 0 Å². The van der Waals surface area contributed by atoms with E-state index in [0.29, 0.717) is 30.1 Å². The van der Waals surface area contributed by atoms with Crippen molar-refractivity contribution in [3.05, 3.63) is 22.4 Å². The summed E-state index contributed by atoms with van der Waals surface area (Å²) in [5.41, 5.74) is 0. The summed E-state index contributed by atoms with van der Waals surface area (Å²) in [6.45, 7) is 10.0. The molecule has 1 aliphatic heterocycles. The molecule has 0 aliphatic carbocycles. The molecular formula is C15H25NOS. The van der Waals surface area contributed by atoms with Gasteiger partial charge in [0.1, 0.15) is 0 Å². The van der Waals surface area contributed by atoms with Crippen LogP contribution < -0.4 is 5.32 Å². The molecule has 5 unspecified atom stereocenters. The lowest BCUT2D eigenvalue weighted by atomic mass is 9.82. The molecule has 0 aromatic carbocycles. The number of hydrogen-bond donors (Lipinski definition) is 1. The largest absolute Gasteiger partial charge is 0.375 e. The van der Waals surface area contributed by atoms with E-state index in [9.17, 15) is 0 Å². The number of ether oxygens (including phenoxy) is 1. The number of thiophene rings is 1. The summed E-state index contributed by atoms with van der Waals surface area (Å²) in [5, 5.41) is 5.90. The molecule has 102 valence electrons. The van der Waals surface area contributed by atoms with Crippen LogP contribution in [0.3, 0.4) is 0 Å². The Hall–Kier alpha value is -0.380. The average molecular weight is 267 g/mol. The SMILES string of the molecule is CCCNC(c1cccs1)C1C(C)OC(C)C1C. The van der Waals surface area contributed by atoms with Crippen molar-refractivity contribution >= 4 is 11.3 Å². The lowest BCUT2D eigenvalue weighted by Gasteiger charge is -2.29. The van der Waals surface area contributed by atoms with Crippen molar-refractivity contribution in [1.82, 2.24) is 5.32 Å². The van der Waals surface area contributed by atoms with Gasteiger partial charge in [-0.05, 0) is 44.2 Å². The molecule has 0 saturated carbocycles. The Bertz CT molecular complexity index is 351. The van der Waals surface area contributed by atoms with Gasteiger partial charge in [0.25, 0.3) is 0 Å². The Labute approximate surface area is 115 Å². The van der Waals surface area contributed by atoms with E-state index in [0.717, 1.165) is 6.54 Å². The predicted molar refractivity (Wildman–Crippen MR) is 78.0 cm³/mol. The Morgan fingerprint density at radius 3 is 2.61 bits per heavy atom. The molecular weight excluding hydrogens is 242 g/mol. The van der Waals surface area contributed by atoms with Crippen molar-refractivity contribution < 1.29 is 4.74 Å². The zero-order chi connectivity index (χ0) is 13.1. The zero-order valence-electron chi connectivity index (χ0n) is 11.8. The second kappa shape index (κ2) is 6.18. The predicted octanol–water partition coefficient (Wildman–Crippen LogP) is 3.85. The average Bonchev–Trinajstić information content (AvgIpc) is 2.93. The molecule has 1 fully saturated rings. The molecule has 1 N–H and O–H groups in total. The highest BCUT2D eigenvalue weighted by Gasteiger charge is 2.42. The van der Waals surface area contributed by atoms with Gasteiger partial charge in [-0.25, -0.2) is 0 Å². The molecule has 0 bridgehead atoms. The van der Waals surface area contributed by atoms with Gasteiger partial charge < -0.3 is 10.1 Å². The van der Waals surface area contributed by atoms with Crippen LogP contribution in [0.1, 0.15) is 45.0 Å². The van der Waals surface area contributed by atoms with E-state index < -0.39 is 0 Å². The smallest absolute Gasteiger partial charge is 0.0600 e. The molecule has 18 heavy (non-hydrogen) atoms. The van der Waals surface area contributed by atoms with Gasteiger partial charge in [-0.15, -0.1) is 11.3 Å². The highest BCUT2D eigenvalue weighted by Crippen LogP contribution is 2.41. The van der Waals surface area contributed by atoms with E-state index >= 15 is 0 Å². The second-order valence-electron chi connectivity index (χ2n) is 5.43. The quantitative estimate of drug-likeness (QED) is 0.875. The van der Waals surface area contributed by atoms with Gasteiger partial charge in [-0.2, -0.15) is 0 Å². The Balaban J connectivity index is 2.18. The molecule has 1 aromatic heterocycles. The van der Waals surface area contributed by atoms with Crippen LogP contribution in [0.15, 0.2) is 17.5 Å². The Kier molecular flexibility index (Phi) is 4.82. The van der Waals surface area contributed by atoms with Crippen molar-refractivity contribution in [2.24, 2.45) is 11.8 Å². The first-order valence-electron chi connectivity index (χ1n) is 7.07. The minimum atomic E-state index is 0.339. The molecule has 1 saturated heterocycles. The topological polar surface area (TPSA) is 21.3 Å². The first kappa shape index (κ1) is 14.0. The van der Waals surface area contributed by atoms with Crippen LogP contribution in [-0.2, 0) is 4.74 Å². The van der Waals surface area contributed by atoms with Gasteiger partial charge in [-0.3, -0.25) is 0 Å². The maximum absolute atomic E-state index is 6.01. The van der Waals surface area contributed by atoms with Crippen LogP contribution in [0.2, 0.25) is 0 Å². The van der Waals surface area contributed by atoms with Gasteiger partial charge in [-0.1, -0.05) is 19.9 Å². The monoisotopic (exact) mass is 267 g/mol. The fraction of sp³-hybridized carbons (Fsp3) is 0.733. The molecule has 5 atom stereocenters. The maximum atomic E-state index is 6.01. The van der Waals surface area contributed by atoms with Crippen LogP contribution in [0.4, 0.5) is 0 Å². The number of hydrogen-bond acceptors (Lipinski definition) is 3. The summed E-state index contributed by atoms with van der Waals surface area (Å²) in [5.74, 6) is 1.18. The molecule has 1 aromatic rings. The minimum absolute atomic E-state index is 0.339. The number of nitrogens with one attached hydrogen (secondary N) is 1. The molecule has 0 radical (unpaired) electrons. The van der Waals surface area contributed by atoms with Crippen molar-refractivity contribution in [2.45, 2.75) is 52.4 Å². The minimum Gasteiger partial charge on any atom is -0.375 e. The van der Waals surface area contributed by atoms with E-state index in [1.807, 2.05) is 11.3 Å². The molecule has 2 nitrogen and oxygen atoms in total. The summed E-state index contributed by atoms with van der Waals surface area (Å²) >= 11 is 1.86. The van der Waals surface area contributed by atoms with Crippen LogP contribution in [0, 0.1) is 11.8 Å². The van der Waals surface area contributed by atoms with Gasteiger partial charge in [0.05, 0.1) is 12.2 Å². The van der Waals surface area contributed by atoms with Crippen LogP contribution in [-0.4, -0.2) is 18.8 Å². The van der Waals surface area contributed by atoms with E-state index in [1.165, 1.54) is 11.3 Å². The first-order chi connectivity index (χ1) is 8.65. The fourth-order valence-corrected chi connectivity index (χ4v) is 3.92. The molecule has 2 rings (SSSR count). The van der Waals surface area contributed by atoms with Gasteiger partial charge in [0.15, 0.2) is 0 Å².